The molecule has 0 bridgehead atoms. The maximum atomic E-state index is 12.7. The van der Waals surface area contributed by atoms with Crippen LogP contribution in [0.5, 0.6) is 0 Å². The highest BCUT2D eigenvalue weighted by Crippen LogP contribution is 2.31. The number of benzene rings is 2. The van der Waals surface area contributed by atoms with Crippen molar-refractivity contribution in [3.63, 3.8) is 0 Å². The van der Waals surface area contributed by atoms with Crippen molar-refractivity contribution in [3.8, 4) is 0 Å². The van der Waals surface area contributed by atoms with Crippen LogP contribution in [0.2, 0.25) is 0 Å². The van der Waals surface area contributed by atoms with E-state index in [2.05, 4.69) is 71.6 Å². The van der Waals surface area contributed by atoms with Crippen LogP contribution in [0.15, 0.2) is 42.5 Å². The van der Waals surface area contributed by atoms with Crippen LogP contribution in [0.4, 0.5) is 0 Å². The summed E-state index contributed by atoms with van der Waals surface area (Å²) in [6, 6.07) is 15.6. The Hall–Kier alpha value is -1.91. The molecule has 4 rings (SSSR count). The second kappa shape index (κ2) is 9.27. The molecule has 2 aromatic carbocycles. The molecule has 0 aliphatic carbocycles. The molecule has 2 aliphatic rings. The van der Waals surface area contributed by atoms with Gasteiger partial charge in [0.05, 0.1) is 0 Å². The first kappa shape index (κ1) is 20.4. The van der Waals surface area contributed by atoms with Gasteiger partial charge in [-0.3, -0.25) is 9.69 Å². The van der Waals surface area contributed by atoms with E-state index >= 15 is 0 Å². The Morgan fingerprint density at radius 1 is 1.00 bits per heavy atom. The number of piperidine rings is 2. The van der Waals surface area contributed by atoms with Crippen LogP contribution < -0.4 is 5.32 Å². The van der Waals surface area contributed by atoms with Crippen molar-refractivity contribution in [2.75, 3.05) is 39.8 Å². The van der Waals surface area contributed by atoms with Gasteiger partial charge in [0.15, 0.2) is 0 Å². The van der Waals surface area contributed by atoms with E-state index in [-0.39, 0.29) is 11.8 Å². The van der Waals surface area contributed by atoms with Crippen molar-refractivity contribution < 1.29 is 4.79 Å². The SMILES string of the molecule is C[C@H](c1cccc2ccccc12)N1CCC(C(=O)NCC2CCN(C)CC2)CC1. The van der Waals surface area contributed by atoms with Gasteiger partial charge >= 0.3 is 0 Å². The van der Waals surface area contributed by atoms with Gasteiger partial charge in [0, 0.05) is 18.5 Å². The van der Waals surface area contributed by atoms with Crippen LogP contribution in [0.1, 0.15) is 44.2 Å². The van der Waals surface area contributed by atoms with Crippen LogP contribution in [0, 0.1) is 11.8 Å². The van der Waals surface area contributed by atoms with Crippen molar-refractivity contribution in [1.29, 1.82) is 0 Å². The van der Waals surface area contributed by atoms with Gasteiger partial charge in [-0.05, 0) is 88.1 Å². The van der Waals surface area contributed by atoms with E-state index in [9.17, 15) is 4.79 Å². The number of nitrogens with one attached hydrogen (secondary N) is 1. The van der Waals surface area contributed by atoms with Gasteiger partial charge in [-0.2, -0.15) is 0 Å². The molecule has 2 fully saturated rings. The van der Waals surface area contributed by atoms with Crippen molar-refractivity contribution in [1.82, 2.24) is 15.1 Å². The van der Waals surface area contributed by atoms with Gasteiger partial charge in [0.2, 0.25) is 5.91 Å². The number of fused-ring (bicyclic) bond motifs is 1. The molecule has 2 heterocycles. The van der Waals surface area contributed by atoms with Gasteiger partial charge in [-0.25, -0.2) is 0 Å². The predicted molar refractivity (Wildman–Crippen MR) is 120 cm³/mol. The van der Waals surface area contributed by atoms with E-state index in [1.165, 1.54) is 29.2 Å². The van der Waals surface area contributed by atoms with E-state index in [0.29, 0.717) is 12.0 Å². The van der Waals surface area contributed by atoms with Gasteiger partial charge in [0.25, 0.3) is 0 Å². The third-order valence-electron chi connectivity index (χ3n) is 7.12. The molecule has 0 spiro atoms. The topological polar surface area (TPSA) is 35.6 Å². The highest BCUT2D eigenvalue weighted by atomic mass is 16.1. The number of rotatable bonds is 5. The summed E-state index contributed by atoms with van der Waals surface area (Å²) in [4.78, 5) is 17.6. The molecule has 0 radical (unpaired) electrons. The average Bonchev–Trinajstić information content (AvgIpc) is 2.78. The highest BCUT2D eigenvalue weighted by molar-refractivity contribution is 5.86. The quantitative estimate of drug-likeness (QED) is 0.832. The Kier molecular flexibility index (Phi) is 6.51. The lowest BCUT2D eigenvalue weighted by molar-refractivity contribution is -0.126. The maximum absolute atomic E-state index is 12.7. The Bertz CT molecular complexity index is 814. The molecule has 4 nitrogen and oxygen atoms in total. The van der Waals surface area contributed by atoms with E-state index in [1.807, 2.05) is 0 Å². The molecule has 2 aliphatic heterocycles. The summed E-state index contributed by atoms with van der Waals surface area (Å²) in [6.45, 7) is 7.48. The third kappa shape index (κ3) is 4.81. The molecule has 0 unspecified atom stereocenters. The van der Waals surface area contributed by atoms with Crippen molar-refractivity contribution >= 4 is 16.7 Å². The van der Waals surface area contributed by atoms with E-state index in [4.69, 9.17) is 0 Å². The zero-order chi connectivity index (χ0) is 20.2. The van der Waals surface area contributed by atoms with Gasteiger partial charge in [-0.1, -0.05) is 42.5 Å². The second-order valence-corrected chi connectivity index (χ2v) is 9.05. The summed E-state index contributed by atoms with van der Waals surface area (Å²) in [7, 11) is 2.18. The Balaban J connectivity index is 1.29. The number of hydrogen-bond donors (Lipinski definition) is 1. The first-order valence-corrected chi connectivity index (χ1v) is 11.3. The number of likely N-dealkylation sites (tertiary alicyclic amines) is 2. The minimum Gasteiger partial charge on any atom is -0.356 e. The van der Waals surface area contributed by atoms with Gasteiger partial charge in [-0.15, -0.1) is 0 Å². The smallest absolute Gasteiger partial charge is 0.223 e. The lowest BCUT2D eigenvalue weighted by Gasteiger charge is -2.36. The summed E-state index contributed by atoms with van der Waals surface area (Å²) in [5, 5.41) is 5.91. The van der Waals surface area contributed by atoms with Crippen LogP contribution in [-0.2, 0) is 4.79 Å². The zero-order valence-electron chi connectivity index (χ0n) is 17.9. The molecule has 4 heteroatoms. The molecular weight excluding hydrogens is 358 g/mol. The molecule has 0 aromatic heterocycles. The van der Waals surface area contributed by atoms with Crippen LogP contribution >= 0.6 is 0 Å². The Morgan fingerprint density at radius 3 is 2.45 bits per heavy atom. The minimum atomic E-state index is 0.178. The number of carbonyl (C=O) groups excluding carboxylic acids is 1. The summed E-state index contributed by atoms with van der Waals surface area (Å²) in [6.07, 6.45) is 4.35. The zero-order valence-corrected chi connectivity index (χ0v) is 17.9. The second-order valence-electron chi connectivity index (χ2n) is 9.05. The van der Waals surface area contributed by atoms with Crippen molar-refractivity contribution in [2.45, 2.75) is 38.6 Å². The average molecular weight is 394 g/mol. The predicted octanol–water partition coefficient (Wildman–Crippen LogP) is 4.07. The van der Waals surface area contributed by atoms with E-state index < -0.39 is 0 Å². The summed E-state index contributed by atoms with van der Waals surface area (Å²) >= 11 is 0. The van der Waals surface area contributed by atoms with Crippen molar-refractivity contribution in [3.05, 3.63) is 48.0 Å². The highest BCUT2D eigenvalue weighted by Gasteiger charge is 2.28. The van der Waals surface area contributed by atoms with Crippen LogP contribution in [0.25, 0.3) is 10.8 Å². The Labute approximate surface area is 175 Å². The number of amides is 1. The number of carbonyl (C=O) groups is 1. The summed E-state index contributed by atoms with van der Waals surface area (Å²) in [5.74, 6) is 1.11. The monoisotopic (exact) mass is 393 g/mol. The van der Waals surface area contributed by atoms with Crippen LogP contribution in [-0.4, -0.2) is 55.5 Å². The normalized spacial score (nSPS) is 21.3. The lowest BCUT2D eigenvalue weighted by atomic mass is 9.92. The molecule has 2 aromatic rings. The standard InChI is InChI=1S/C25H35N3O/c1-19(23-9-5-7-21-6-3-4-8-24(21)23)28-16-12-22(13-17-28)25(29)26-18-20-10-14-27(2)15-11-20/h3-9,19-20,22H,10-18H2,1-2H3,(H,26,29)/t19-/m1/s1. The fourth-order valence-electron chi connectivity index (χ4n) is 5.02. The molecule has 156 valence electrons. The molecule has 1 atom stereocenters. The largest absolute Gasteiger partial charge is 0.356 e. The number of hydrogen-bond acceptors (Lipinski definition) is 3. The molecule has 29 heavy (non-hydrogen) atoms. The molecule has 0 saturated carbocycles. The molecule has 1 amide bonds. The fourth-order valence-corrected chi connectivity index (χ4v) is 5.02. The first-order chi connectivity index (χ1) is 14.1. The first-order valence-electron chi connectivity index (χ1n) is 11.3. The lowest BCUT2D eigenvalue weighted by Crippen LogP contribution is -2.43. The fraction of sp³-hybridized carbons (Fsp3) is 0.560. The van der Waals surface area contributed by atoms with Gasteiger partial charge < -0.3 is 10.2 Å². The summed E-state index contributed by atoms with van der Waals surface area (Å²) in [5.41, 5.74) is 1.40. The van der Waals surface area contributed by atoms with Crippen molar-refractivity contribution in [2.24, 2.45) is 11.8 Å². The minimum absolute atomic E-state index is 0.178. The number of nitrogens with zero attached hydrogens (tertiary/aromatic N) is 2. The van der Waals surface area contributed by atoms with E-state index in [1.54, 1.807) is 0 Å². The molecular formula is C25H35N3O. The maximum Gasteiger partial charge on any atom is 0.223 e. The molecule has 2 saturated heterocycles. The Morgan fingerprint density at radius 2 is 1.69 bits per heavy atom. The summed E-state index contributed by atoms with van der Waals surface area (Å²) < 4.78 is 0. The van der Waals surface area contributed by atoms with Crippen LogP contribution in [0.3, 0.4) is 0 Å². The molecule has 1 N–H and O–H groups in total. The third-order valence-corrected chi connectivity index (χ3v) is 7.12. The van der Waals surface area contributed by atoms with E-state index in [0.717, 1.165) is 45.6 Å². The van der Waals surface area contributed by atoms with Gasteiger partial charge in [0.1, 0.15) is 0 Å².